The quantitative estimate of drug-likeness (QED) is 0.845. The Morgan fingerprint density at radius 3 is 2.59 bits per heavy atom. The minimum Gasteiger partial charge on any atom is -0.444 e. The van der Waals surface area contributed by atoms with Crippen molar-refractivity contribution >= 4 is 11.9 Å². The van der Waals surface area contributed by atoms with Crippen molar-refractivity contribution in [1.29, 1.82) is 0 Å². The third kappa shape index (κ3) is 5.59. The van der Waals surface area contributed by atoms with Gasteiger partial charge in [-0.2, -0.15) is 0 Å². The Balaban J connectivity index is 2.79. The molecule has 5 nitrogen and oxygen atoms in total. The van der Waals surface area contributed by atoms with Gasteiger partial charge < -0.3 is 14.8 Å². The second-order valence-electron chi connectivity index (χ2n) is 7.78. The van der Waals surface area contributed by atoms with E-state index < -0.39 is 11.7 Å². The molecule has 0 aromatic rings. The van der Waals surface area contributed by atoms with Crippen LogP contribution in [0.25, 0.3) is 0 Å². The Hall–Kier alpha value is -1.10. The zero-order valence-corrected chi connectivity index (χ0v) is 14.8. The number of carbonyl (C=O) groups excluding carboxylic acids is 2. The highest BCUT2D eigenvalue weighted by Crippen LogP contribution is 2.37. The van der Waals surface area contributed by atoms with Crippen LogP contribution >= 0.6 is 0 Å². The summed E-state index contributed by atoms with van der Waals surface area (Å²) < 4.78 is 10.5. The lowest BCUT2D eigenvalue weighted by atomic mass is 9.68. The fourth-order valence-corrected chi connectivity index (χ4v) is 2.98. The van der Waals surface area contributed by atoms with Crippen LogP contribution in [0.3, 0.4) is 0 Å². The average molecular weight is 313 g/mol. The molecular formula is C17H31NO4. The van der Waals surface area contributed by atoms with E-state index in [0.717, 1.165) is 19.3 Å². The van der Waals surface area contributed by atoms with Crippen molar-refractivity contribution < 1.29 is 19.1 Å². The van der Waals surface area contributed by atoms with E-state index in [-0.39, 0.29) is 23.2 Å². The average Bonchev–Trinajstić information content (AvgIpc) is 2.36. The van der Waals surface area contributed by atoms with Crippen LogP contribution < -0.4 is 5.32 Å². The first-order chi connectivity index (χ1) is 10.1. The van der Waals surface area contributed by atoms with Gasteiger partial charge in [0.2, 0.25) is 0 Å². The van der Waals surface area contributed by atoms with E-state index >= 15 is 0 Å². The number of amides is 1. The lowest BCUT2D eigenvalue weighted by molar-refractivity contribution is -0.135. The zero-order valence-electron chi connectivity index (χ0n) is 14.8. The van der Waals surface area contributed by atoms with Crippen molar-refractivity contribution in [3.8, 4) is 0 Å². The molecule has 1 fully saturated rings. The molecule has 0 aromatic carbocycles. The van der Waals surface area contributed by atoms with Crippen LogP contribution in [0.4, 0.5) is 4.79 Å². The van der Waals surface area contributed by atoms with Crippen LogP contribution in [0.1, 0.15) is 60.3 Å². The number of nitrogens with one attached hydrogen (secondary N) is 1. The zero-order chi connectivity index (χ0) is 17.0. The monoisotopic (exact) mass is 313 g/mol. The maximum atomic E-state index is 12.7. The predicted octanol–water partition coefficient (Wildman–Crippen LogP) is 3.31. The minimum atomic E-state index is -0.550. The van der Waals surface area contributed by atoms with Crippen LogP contribution in [0.2, 0.25) is 0 Å². The van der Waals surface area contributed by atoms with E-state index in [0.29, 0.717) is 13.0 Å². The van der Waals surface area contributed by atoms with E-state index in [4.69, 9.17) is 9.47 Å². The van der Waals surface area contributed by atoms with Gasteiger partial charge in [0.25, 0.3) is 0 Å². The number of carbonyl (C=O) groups is 2. The van der Waals surface area contributed by atoms with Gasteiger partial charge in [-0.05, 0) is 40.0 Å². The van der Waals surface area contributed by atoms with Crippen molar-refractivity contribution in [3.63, 3.8) is 0 Å². The van der Waals surface area contributed by atoms with Crippen molar-refractivity contribution in [3.05, 3.63) is 0 Å². The number of hydrogen-bond donors (Lipinski definition) is 1. The number of methoxy groups -OCH3 is 1. The van der Waals surface area contributed by atoms with Gasteiger partial charge >= 0.3 is 6.09 Å². The normalized spacial score (nSPS) is 23.0. The van der Waals surface area contributed by atoms with Gasteiger partial charge in [-0.15, -0.1) is 0 Å². The molecular weight excluding hydrogens is 282 g/mol. The smallest absolute Gasteiger partial charge is 0.407 e. The molecule has 2 atom stereocenters. The molecule has 0 spiro atoms. The summed E-state index contributed by atoms with van der Waals surface area (Å²) in [6, 6.07) is -0.234. The molecule has 128 valence electrons. The molecule has 0 heterocycles. The standard InChI is InChI=1S/C17H31NO4/c1-16(2,3)22-15(20)18-13(9-11-21-6)12-8-7-10-17(4,5)14(12)19/h12-13H,7-11H2,1-6H3,(H,18,20). The molecule has 1 rings (SSSR count). The summed E-state index contributed by atoms with van der Waals surface area (Å²) in [4.78, 5) is 24.7. The molecule has 5 heteroatoms. The molecule has 1 N–H and O–H groups in total. The summed E-state index contributed by atoms with van der Waals surface area (Å²) in [5, 5.41) is 2.88. The van der Waals surface area contributed by atoms with Gasteiger partial charge in [-0.25, -0.2) is 4.79 Å². The fourth-order valence-electron chi connectivity index (χ4n) is 2.98. The second-order valence-corrected chi connectivity index (χ2v) is 7.78. The summed E-state index contributed by atoms with van der Waals surface area (Å²) in [6.45, 7) is 9.96. The molecule has 1 aliphatic carbocycles. The Morgan fingerprint density at radius 2 is 2.05 bits per heavy atom. The first kappa shape index (κ1) is 18.9. The number of ketones is 1. The third-order valence-electron chi connectivity index (χ3n) is 4.14. The Labute approximate surface area is 134 Å². The van der Waals surface area contributed by atoms with Crippen LogP contribution in [0.15, 0.2) is 0 Å². The topological polar surface area (TPSA) is 64.6 Å². The van der Waals surface area contributed by atoms with Gasteiger partial charge in [0.15, 0.2) is 0 Å². The molecule has 0 radical (unpaired) electrons. The van der Waals surface area contributed by atoms with E-state index in [9.17, 15) is 9.59 Å². The van der Waals surface area contributed by atoms with Gasteiger partial charge in [0.1, 0.15) is 11.4 Å². The number of alkyl carbamates (subject to hydrolysis) is 1. The van der Waals surface area contributed by atoms with Gasteiger partial charge in [0.05, 0.1) is 0 Å². The predicted molar refractivity (Wildman–Crippen MR) is 85.8 cm³/mol. The SMILES string of the molecule is COCCC(NC(=O)OC(C)(C)C)C1CCCC(C)(C)C1=O. The molecule has 1 saturated carbocycles. The van der Waals surface area contributed by atoms with Crippen LogP contribution in [-0.4, -0.2) is 37.2 Å². The first-order valence-corrected chi connectivity index (χ1v) is 8.09. The summed E-state index contributed by atoms with van der Waals surface area (Å²) in [6.07, 6.45) is 2.87. The Kier molecular flexibility index (Phi) is 6.41. The van der Waals surface area contributed by atoms with Crippen LogP contribution in [-0.2, 0) is 14.3 Å². The molecule has 0 saturated heterocycles. The third-order valence-corrected chi connectivity index (χ3v) is 4.14. The number of Topliss-reactive ketones (excluding diaryl/α,β-unsaturated/α-hetero) is 1. The fraction of sp³-hybridized carbons (Fsp3) is 0.882. The maximum Gasteiger partial charge on any atom is 0.407 e. The van der Waals surface area contributed by atoms with E-state index in [1.165, 1.54) is 0 Å². The molecule has 0 aliphatic heterocycles. The lowest BCUT2D eigenvalue weighted by Gasteiger charge is -2.38. The highest BCUT2D eigenvalue weighted by Gasteiger charge is 2.41. The van der Waals surface area contributed by atoms with Crippen molar-refractivity contribution in [2.75, 3.05) is 13.7 Å². The van der Waals surface area contributed by atoms with E-state index in [1.807, 2.05) is 34.6 Å². The van der Waals surface area contributed by atoms with E-state index in [1.54, 1.807) is 7.11 Å². The Morgan fingerprint density at radius 1 is 1.41 bits per heavy atom. The highest BCUT2D eigenvalue weighted by molar-refractivity contribution is 5.88. The van der Waals surface area contributed by atoms with Crippen LogP contribution in [0, 0.1) is 11.3 Å². The minimum absolute atomic E-state index is 0.161. The largest absolute Gasteiger partial charge is 0.444 e. The van der Waals surface area contributed by atoms with Gasteiger partial charge in [-0.1, -0.05) is 20.3 Å². The van der Waals surface area contributed by atoms with Crippen molar-refractivity contribution in [2.45, 2.75) is 71.9 Å². The van der Waals surface area contributed by atoms with Gasteiger partial charge in [-0.3, -0.25) is 4.79 Å². The van der Waals surface area contributed by atoms with Crippen LogP contribution in [0.5, 0.6) is 0 Å². The number of rotatable bonds is 5. The Bertz CT molecular complexity index is 398. The molecule has 0 bridgehead atoms. The summed E-state index contributed by atoms with van der Waals surface area (Å²) >= 11 is 0. The molecule has 0 aromatic heterocycles. The number of hydrogen-bond acceptors (Lipinski definition) is 4. The van der Waals surface area contributed by atoms with Crippen molar-refractivity contribution in [1.82, 2.24) is 5.32 Å². The number of ether oxygens (including phenoxy) is 2. The first-order valence-electron chi connectivity index (χ1n) is 8.09. The van der Waals surface area contributed by atoms with Gasteiger partial charge in [0, 0.05) is 31.1 Å². The molecule has 22 heavy (non-hydrogen) atoms. The summed E-state index contributed by atoms with van der Waals surface area (Å²) in [5.74, 6) is 0.0716. The summed E-state index contributed by atoms with van der Waals surface area (Å²) in [5.41, 5.74) is -0.865. The van der Waals surface area contributed by atoms with Crippen molar-refractivity contribution in [2.24, 2.45) is 11.3 Å². The molecule has 1 amide bonds. The summed E-state index contributed by atoms with van der Waals surface area (Å²) in [7, 11) is 1.62. The maximum absolute atomic E-state index is 12.7. The molecule has 1 aliphatic rings. The lowest BCUT2D eigenvalue weighted by Crippen LogP contribution is -2.50. The second kappa shape index (κ2) is 7.44. The van der Waals surface area contributed by atoms with E-state index in [2.05, 4.69) is 5.32 Å². The highest BCUT2D eigenvalue weighted by atomic mass is 16.6. The molecule has 2 unspecified atom stereocenters.